The van der Waals surface area contributed by atoms with E-state index in [1.165, 1.54) is 24.3 Å². The SMILES string of the molecule is Cc1c(C#N)cc(C(F)(F)F)cc1-c1ccc(O)cc1. The lowest BCUT2D eigenvalue weighted by atomic mass is 9.94. The van der Waals surface area contributed by atoms with E-state index in [9.17, 15) is 18.3 Å². The minimum atomic E-state index is -4.51. The topological polar surface area (TPSA) is 44.0 Å². The molecule has 0 aliphatic rings. The largest absolute Gasteiger partial charge is 0.508 e. The summed E-state index contributed by atoms with van der Waals surface area (Å²) in [7, 11) is 0. The van der Waals surface area contributed by atoms with E-state index in [-0.39, 0.29) is 11.3 Å². The van der Waals surface area contributed by atoms with Gasteiger partial charge in [-0.2, -0.15) is 18.4 Å². The molecule has 0 aromatic heterocycles. The highest BCUT2D eigenvalue weighted by atomic mass is 19.4. The Balaban J connectivity index is 2.69. The van der Waals surface area contributed by atoms with Crippen LogP contribution in [0.25, 0.3) is 11.1 Å². The maximum Gasteiger partial charge on any atom is 0.416 e. The summed E-state index contributed by atoms with van der Waals surface area (Å²) in [4.78, 5) is 0. The highest BCUT2D eigenvalue weighted by Gasteiger charge is 2.32. The van der Waals surface area contributed by atoms with Gasteiger partial charge in [0, 0.05) is 0 Å². The molecule has 2 rings (SSSR count). The van der Waals surface area contributed by atoms with Crippen LogP contribution in [0.15, 0.2) is 36.4 Å². The predicted molar refractivity (Wildman–Crippen MR) is 68.0 cm³/mol. The Morgan fingerprint density at radius 3 is 2.20 bits per heavy atom. The van der Waals surface area contributed by atoms with Crippen molar-refractivity contribution in [2.45, 2.75) is 13.1 Å². The normalized spacial score (nSPS) is 11.2. The molecule has 0 aliphatic carbocycles. The van der Waals surface area contributed by atoms with Crippen LogP contribution < -0.4 is 0 Å². The maximum absolute atomic E-state index is 12.8. The summed E-state index contributed by atoms with van der Waals surface area (Å²) in [5.74, 6) is 0.0267. The number of nitriles is 1. The third-order valence-corrected chi connectivity index (χ3v) is 3.03. The van der Waals surface area contributed by atoms with Crippen LogP contribution in [-0.4, -0.2) is 5.11 Å². The van der Waals surface area contributed by atoms with E-state index in [0.717, 1.165) is 12.1 Å². The number of halogens is 3. The van der Waals surface area contributed by atoms with Gasteiger partial charge < -0.3 is 5.11 Å². The van der Waals surface area contributed by atoms with E-state index in [2.05, 4.69) is 0 Å². The van der Waals surface area contributed by atoms with Crippen molar-refractivity contribution in [1.82, 2.24) is 0 Å². The summed E-state index contributed by atoms with van der Waals surface area (Å²) >= 11 is 0. The molecule has 20 heavy (non-hydrogen) atoms. The van der Waals surface area contributed by atoms with Gasteiger partial charge in [0.1, 0.15) is 5.75 Å². The highest BCUT2D eigenvalue weighted by molar-refractivity contribution is 5.71. The first kappa shape index (κ1) is 13.9. The second-order valence-corrected chi connectivity index (χ2v) is 4.35. The lowest BCUT2D eigenvalue weighted by molar-refractivity contribution is -0.137. The first-order valence-corrected chi connectivity index (χ1v) is 5.74. The predicted octanol–water partition coefficient (Wildman–Crippen LogP) is 4.26. The Morgan fingerprint density at radius 2 is 1.70 bits per heavy atom. The zero-order valence-corrected chi connectivity index (χ0v) is 10.5. The summed E-state index contributed by atoms with van der Waals surface area (Å²) in [6, 6.07) is 9.45. The fourth-order valence-electron chi connectivity index (χ4n) is 1.93. The number of hydrogen-bond donors (Lipinski definition) is 1. The Morgan fingerprint density at radius 1 is 1.10 bits per heavy atom. The lowest BCUT2D eigenvalue weighted by Gasteiger charge is -2.13. The molecular formula is C15H10F3NO. The van der Waals surface area contributed by atoms with E-state index in [1.54, 1.807) is 13.0 Å². The number of hydrogen-bond acceptors (Lipinski definition) is 2. The molecule has 0 radical (unpaired) electrons. The van der Waals surface area contributed by atoms with Crippen LogP contribution in [0, 0.1) is 18.3 Å². The first-order chi connectivity index (χ1) is 9.32. The Bertz CT molecular complexity index is 682. The number of alkyl halides is 3. The number of phenolic OH excluding ortho intramolecular Hbond substituents is 1. The van der Waals surface area contributed by atoms with Gasteiger partial charge in [0.15, 0.2) is 0 Å². The second kappa shape index (κ2) is 4.89. The van der Waals surface area contributed by atoms with Crippen LogP contribution in [0.5, 0.6) is 5.75 Å². The van der Waals surface area contributed by atoms with Gasteiger partial charge in [0.2, 0.25) is 0 Å². The van der Waals surface area contributed by atoms with Gasteiger partial charge in [0.25, 0.3) is 0 Å². The first-order valence-electron chi connectivity index (χ1n) is 5.74. The summed E-state index contributed by atoms with van der Waals surface area (Å²) < 4.78 is 38.5. The number of benzene rings is 2. The van der Waals surface area contributed by atoms with Crippen molar-refractivity contribution in [2.24, 2.45) is 0 Å². The molecule has 2 aromatic rings. The van der Waals surface area contributed by atoms with Crippen molar-refractivity contribution in [3.05, 3.63) is 53.1 Å². The van der Waals surface area contributed by atoms with E-state index in [0.29, 0.717) is 16.7 Å². The Kier molecular flexibility index (Phi) is 3.41. The number of rotatable bonds is 1. The lowest BCUT2D eigenvalue weighted by Crippen LogP contribution is -2.06. The van der Waals surface area contributed by atoms with Crippen molar-refractivity contribution in [3.63, 3.8) is 0 Å². The zero-order chi connectivity index (χ0) is 14.9. The van der Waals surface area contributed by atoms with E-state index in [1.807, 2.05) is 0 Å². The number of phenols is 1. The fraction of sp³-hybridized carbons (Fsp3) is 0.133. The fourth-order valence-corrected chi connectivity index (χ4v) is 1.93. The molecule has 0 saturated heterocycles. The van der Waals surface area contributed by atoms with Crippen LogP contribution in [0.4, 0.5) is 13.2 Å². The summed E-state index contributed by atoms with van der Waals surface area (Å²) in [5.41, 5.74) is 0.455. The van der Waals surface area contributed by atoms with Crippen LogP contribution in [-0.2, 0) is 6.18 Å². The average molecular weight is 277 g/mol. The number of nitrogens with zero attached hydrogens (tertiary/aromatic N) is 1. The molecule has 0 spiro atoms. The molecule has 5 heteroatoms. The van der Waals surface area contributed by atoms with Crippen molar-refractivity contribution in [3.8, 4) is 22.9 Å². The molecule has 0 heterocycles. The Labute approximate surface area is 113 Å². The third-order valence-electron chi connectivity index (χ3n) is 3.03. The smallest absolute Gasteiger partial charge is 0.416 e. The van der Waals surface area contributed by atoms with Crippen LogP contribution >= 0.6 is 0 Å². The van der Waals surface area contributed by atoms with Gasteiger partial charge in [-0.3, -0.25) is 0 Å². The molecule has 0 aliphatic heterocycles. The van der Waals surface area contributed by atoms with Gasteiger partial charge >= 0.3 is 6.18 Å². The average Bonchev–Trinajstić information content (AvgIpc) is 2.39. The minimum Gasteiger partial charge on any atom is -0.508 e. The summed E-state index contributed by atoms with van der Waals surface area (Å²) in [5, 5.41) is 18.2. The van der Waals surface area contributed by atoms with E-state index < -0.39 is 11.7 Å². The van der Waals surface area contributed by atoms with Crippen LogP contribution in [0.1, 0.15) is 16.7 Å². The van der Waals surface area contributed by atoms with Crippen molar-refractivity contribution in [2.75, 3.05) is 0 Å². The molecule has 102 valence electrons. The quantitative estimate of drug-likeness (QED) is 0.846. The number of aromatic hydroxyl groups is 1. The van der Waals surface area contributed by atoms with E-state index in [4.69, 9.17) is 5.26 Å². The molecular weight excluding hydrogens is 267 g/mol. The standard InChI is InChI=1S/C15H10F3NO/c1-9-11(8-19)6-12(15(16,17)18)7-14(9)10-2-4-13(20)5-3-10/h2-7,20H,1H3. The molecule has 2 nitrogen and oxygen atoms in total. The summed E-state index contributed by atoms with van der Waals surface area (Å²) in [6.07, 6.45) is -4.51. The molecule has 0 fully saturated rings. The molecule has 1 N–H and O–H groups in total. The van der Waals surface area contributed by atoms with Gasteiger partial charge in [-0.1, -0.05) is 12.1 Å². The molecule has 0 saturated carbocycles. The van der Waals surface area contributed by atoms with Gasteiger partial charge in [-0.05, 0) is 47.9 Å². The van der Waals surface area contributed by atoms with Crippen LogP contribution in [0.3, 0.4) is 0 Å². The van der Waals surface area contributed by atoms with Crippen molar-refractivity contribution >= 4 is 0 Å². The minimum absolute atomic E-state index is 0.0112. The third kappa shape index (κ3) is 2.59. The van der Waals surface area contributed by atoms with Gasteiger partial charge in [-0.25, -0.2) is 0 Å². The van der Waals surface area contributed by atoms with Gasteiger partial charge in [-0.15, -0.1) is 0 Å². The molecule has 2 aromatic carbocycles. The second-order valence-electron chi connectivity index (χ2n) is 4.35. The zero-order valence-electron chi connectivity index (χ0n) is 10.5. The van der Waals surface area contributed by atoms with Crippen molar-refractivity contribution in [1.29, 1.82) is 5.26 Å². The molecule has 0 unspecified atom stereocenters. The maximum atomic E-state index is 12.8. The van der Waals surface area contributed by atoms with Gasteiger partial charge in [0.05, 0.1) is 17.2 Å². The molecule has 0 bridgehead atoms. The summed E-state index contributed by atoms with van der Waals surface area (Å²) in [6.45, 7) is 1.60. The Hall–Kier alpha value is -2.48. The van der Waals surface area contributed by atoms with Crippen LogP contribution in [0.2, 0.25) is 0 Å². The van der Waals surface area contributed by atoms with E-state index >= 15 is 0 Å². The van der Waals surface area contributed by atoms with Crippen molar-refractivity contribution < 1.29 is 18.3 Å². The molecule has 0 atom stereocenters. The molecule has 0 amide bonds. The monoisotopic (exact) mass is 277 g/mol. The highest BCUT2D eigenvalue weighted by Crippen LogP contribution is 2.35.